The molecule has 0 saturated carbocycles. The standard InChI is InChI=1S/C16H22ClNOS/c1-5-18-13(10-20-16(2,3)4)14-9-11-7-6-8-12(17)15(11)19-14/h6-9,13,18H,5,10H2,1-4H3. The Morgan fingerprint density at radius 2 is 2.10 bits per heavy atom. The summed E-state index contributed by atoms with van der Waals surface area (Å²) >= 11 is 8.12. The Balaban J connectivity index is 2.24. The van der Waals surface area contributed by atoms with Crippen LogP contribution in [0.25, 0.3) is 11.0 Å². The van der Waals surface area contributed by atoms with E-state index in [1.165, 1.54) is 0 Å². The summed E-state index contributed by atoms with van der Waals surface area (Å²) in [5.74, 6) is 1.95. The number of benzene rings is 1. The average molecular weight is 312 g/mol. The number of fused-ring (bicyclic) bond motifs is 1. The first-order chi connectivity index (χ1) is 9.40. The fraction of sp³-hybridized carbons (Fsp3) is 0.500. The fourth-order valence-corrected chi connectivity index (χ4v) is 3.21. The number of para-hydroxylation sites is 1. The number of furan rings is 1. The highest BCUT2D eigenvalue weighted by Crippen LogP contribution is 2.33. The Hall–Kier alpha value is -0.640. The summed E-state index contributed by atoms with van der Waals surface area (Å²) in [6.45, 7) is 9.73. The van der Waals surface area contributed by atoms with Crippen LogP contribution in [0.3, 0.4) is 0 Å². The summed E-state index contributed by atoms with van der Waals surface area (Å²) < 4.78 is 6.22. The zero-order valence-electron chi connectivity index (χ0n) is 12.5. The van der Waals surface area contributed by atoms with Crippen molar-refractivity contribution in [1.29, 1.82) is 0 Å². The lowest BCUT2D eigenvalue weighted by Crippen LogP contribution is -2.24. The van der Waals surface area contributed by atoms with Gasteiger partial charge in [-0.15, -0.1) is 0 Å². The normalized spacial score (nSPS) is 13.8. The van der Waals surface area contributed by atoms with Crippen LogP contribution in [0.5, 0.6) is 0 Å². The molecule has 0 aliphatic heterocycles. The molecule has 1 aromatic carbocycles. The second-order valence-electron chi connectivity index (χ2n) is 5.84. The summed E-state index contributed by atoms with van der Waals surface area (Å²) in [7, 11) is 0. The van der Waals surface area contributed by atoms with E-state index in [-0.39, 0.29) is 10.8 Å². The number of hydrogen-bond donors (Lipinski definition) is 1. The lowest BCUT2D eigenvalue weighted by Gasteiger charge is -2.22. The second-order valence-corrected chi connectivity index (χ2v) is 8.09. The molecule has 1 atom stereocenters. The van der Waals surface area contributed by atoms with Crippen LogP contribution < -0.4 is 5.32 Å². The molecule has 110 valence electrons. The molecule has 20 heavy (non-hydrogen) atoms. The Morgan fingerprint density at radius 3 is 2.70 bits per heavy atom. The van der Waals surface area contributed by atoms with Gasteiger partial charge in [0.15, 0.2) is 5.58 Å². The topological polar surface area (TPSA) is 25.2 Å². The molecule has 0 amide bonds. The summed E-state index contributed by atoms with van der Waals surface area (Å²) in [6, 6.07) is 8.17. The number of thioether (sulfide) groups is 1. The molecule has 1 N–H and O–H groups in total. The van der Waals surface area contributed by atoms with Crippen LogP contribution in [0, 0.1) is 0 Å². The Bertz CT molecular complexity index is 573. The van der Waals surface area contributed by atoms with Crippen LogP contribution in [0.2, 0.25) is 5.02 Å². The molecular formula is C16H22ClNOS. The highest BCUT2D eigenvalue weighted by molar-refractivity contribution is 8.00. The monoisotopic (exact) mass is 311 g/mol. The molecular weight excluding hydrogens is 290 g/mol. The second kappa shape index (κ2) is 6.42. The van der Waals surface area contributed by atoms with Gasteiger partial charge in [0, 0.05) is 15.9 Å². The van der Waals surface area contributed by atoms with Gasteiger partial charge in [-0.25, -0.2) is 0 Å². The van der Waals surface area contributed by atoms with Gasteiger partial charge in [0.1, 0.15) is 5.76 Å². The Kier molecular flexibility index (Phi) is 5.05. The van der Waals surface area contributed by atoms with E-state index in [4.69, 9.17) is 16.0 Å². The van der Waals surface area contributed by atoms with Crippen LogP contribution in [0.4, 0.5) is 0 Å². The number of hydrogen-bond acceptors (Lipinski definition) is 3. The van der Waals surface area contributed by atoms with Crippen LogP contribution in [0.1, 0.15) is 39.5 Å². The zero-order valence-corrected chi connectivity index (χ0v) is 14.1. The molecule has 0 aliphatic carbocycles. The molecule has 1 heterocycles. The summed E-state index contributed by atoms with van der Waals surface area (Å²) in [6.07, 6.45) is 0. The smallest absolute Gasteiger partial charge is 0.152 e. The van der Waals surface area contributed by atoms with E-state index in [9.17, 15) is 0 Å². The molecule has 1 unspecified atom stereocenters. The lowest BCUT2D eigenvalue weighted by atomic mass is 10.2. The summed E-state index contributed by atoms with van der Waals surface area (Å²) in [5.41, 5.74) is 0.785. The van der Waals surface area contributed by atoms with Gasteiger partial charge >= 0.3 is 0 Å². The predicted molar refractivity (Wildman–Crippen MR) is 89.9 cm³/mol. The molecule has 2 aromatic rings. The molecule has 1 aromatic heterocycles. The van der Waals surface area contributed by atoms with Crippen molar-refractivity contribution in [3.8, 4) is 0 Å². The van der Waals surface area contributed by atoms with Gasteiger partial charge < -0.3 is 9.73 Å². The molecule has 0 saturated heterocycles. The van der Waals surface area contributed by atoms with Gasteiger partial charge in [-0.1, -0.05) is 51.4 Å². The SMILES string of the molecule is CCNC(CSC(C)(C)C)c1cc2cccc(Cl)c2o1. The minimum Gasteiger partial charge on any atom is -0.458 e. The third-order valence-electron chi connectivity index (χ3n) is 2.99. The molecule has 2 nitrogen and oxygen atoms in total. The van der Waals surface area contributed by atoms with E-state index in [2.05, 4.69) is 39.1 Å². The van der Waals surface area contributed by atoms with Crippen molar-refractivity contribution in [2.45, 2.75) is 38.5 Å². The molecule has 0 aliphatic rings. The number of nitrogens with one attached hydrogen (secondary N) is 1. The van der Waals surface area contributed by atoms with Crippen molar-refractivity contribution in [2.24, 2.45) is 0 Å². The maximum Gasteiger partial charge on any atom is 0.152 e. The fourth-order valence-electron chi connectivity index (χ4n) is 2.04. The van der Waals surface area contributed by atoms with E-state index in [0.29, 0.717) is 5.02 Å². The van der Waals surface area contributed by atoms with Gasteiger partial charge in [0.2, 0.25) is 0 Å². The zero-order chi connectivity index (χ0) is 14.8. The van der Waals surface area contributed by atoms with Gasteiger partial charge in [0.05, 0.1) is 11.1 Å². The van der Waals surface area contributed by atoms with Crippen molar-refractivity contribution in [1.82, 2.24) is 5.32 Å². The van der Waals surface area contributed by atoms with Gasteiger partial charge in [-0.3, -0.25) is 0 Å². The molecule has 0 fully saturated rings. The van der Waals surface area contributed by atoms with E-state index in [1.54, 1.807) is 0 Å². The highest BCUT2D eigenvalue weighted by Gasteiger charge is 2.20. The Morgan fingerprint density at radius 1 is 1.35 bits per heavy atom. The van der Waals surface area contributed by atoms with Crippen LogP contribution in [-0.4, -0.2) is 17.0 Å². The predicted octanol–water partition coefficient (Wildman–Crippen LogP) is 5.27. The Labute approximate surface area is 130 Å². The van der Waals surface area contributed by atoms with Crippen molar-refractivity contribution in [3.63, 3.8) is 0 Å². The molecule has 2 rings (SSSR count). The van der Waals surface area contributed by atoms with Crippen molar-refractivity contribution < 1.29 is 4.42 Å². The highest BCUT2D eigenvalue weighted by atomic mass is 35.5. The molecule has 0 radical (unpaired) electrons. The first kappa shape index (κ1) is 15.7. The van der Waals surface area contributed by atoms with E-state index < -0.39 is 0 Å². The lowest BCUT2D eigenvalue weighted by molar-refractivity contribution is 0.463. The maximum atomic E-state index is 6.18. The largest absolute Gasteiger partial charge is 0.458 e. The van der Waals surface area contributed by atoms with E-state index >= 15 is 0 Å². The molecule has 0 bridgehead atoms. The van der Waals surface area contributed by atoms with E-state index in [0.717, 1.165) is 29.0 Å². The first-order valence-corrected chi connectivity index (χ1v) is 8.32. The summed E-state index contributed by atoms with van der Waals surface area (Å²) in [4.78, 5) is 0. The molecule has 0 spiro atoms. The average Bonchev–Trinajstić information content (AvgIpc) is 2.78. The summed E-state index contributed by atoms with van der Waals surface area (Å²) in [5, 5.41) is 5.23. The number of halogens is 1. The van der Waals surface area contributed by atoms with E-state index in [1.807, 2.05) is 30.0 Å². The van der Waals surface area contributed by atoms with Crippen LogP contribution in [-0.2, 0) is 0 Å². The quantitative estimate of drug-likeness (QED) is 0.814. The minimum absolute atomic E-state index is 0.215. The third kappa shape index (κ3) is 3.94. The van der Waals surface area contributed by atoms with Gasteiger partial charge in [-0.05, 0) is 18.7 Å². The molecule has 4 heteroatoms. The van der Waals surface area contributed by atoms with Gasteiger partial charge in [-0.2, -0.15) is 11.8 Å². The number of rotatable bonds is 5. The van der Waals surface area contributed by atoms with Crippen molar-refractivity contribution in [3.05, 3.63) is 35.0 Å². The van der Waals surface area contributed by atoms with Crippen LogP contribution in [0.15, 0.2) is 28.7 Å². The maximum absolute atomic E-state index is 6.18. The van der Waals surface area contributed by atoms with Crippen molar-refractivity contribution >= 4 is 34.3 Å². The van der Waals surface area contributed by atoms with Crippen LogP contribution >= 0.6 is 23.4 Å². The van der Waals surface area contributed by atoms with Crippen molar-refractivity contribution in [2.75, 3.05) is 12.3 Å². The first-order valence-electron chi connectivity index (χ1n) is 6.96. The van der Waals surface area contributed by atoms with Gasteiger partial charge in [0.25, 0.3) is 0 Å². The third-order valence-corrected chi connectivity index (χ3v) is 4.66. The minimum atomic E-state index is 0.215.